The number of fused-ring (bicyclic) bond motifs is 4. The van der Waals surface area contributed by atoms with E-state index in [1.54, 1.807) is 0 Å². The molecule has 3 aliphatic heterocycles. The Labute approximate surface area is 177 Å². The topological polar surface area (TPSA) is 92.3 Å². The van der Waals surface area contributed by atoms with Gasteiger partial charge in [-0.3, -0.25) is 0 Å². The average Bonchev–Trinajstić information content (AvgIpc) is 2.25. The Kier molecular flexibility index (Phi) is 6.38. The van der Waals surface area contributed by atoms with Gasteiger partial charge in [0.2, 0.25) is 0 Å². The molecule has 0 aromatic rings. The van der Waals surface area contributed by atoms with Crippen LogP contribution in [0.25, 0.3) is 0 Å². The zero-order valence-electron chi connectivity index (χ0n) is 18.2. The van der Waals surface area contributed by atoms with Crippen LogP contribution < -0.4 is 0 Å². The second kappa shape index (κ2) is 7.44. The van der Waals surface area contributed by atoms with Gasteiger partial charge in [-0.1, -0.05) is 0 Å². The molecule has 10 nitrogen and oxygen atoms in total. The predicted octanol–water partition coefficient (Wildman–Crippen LogP) is 1.57. The van der Waals surface area contributed by atoms with Crippen molar-refractivity contribution in [2.24, 2.45) is 0 Å². The van der Waals surface area contributed by atoms with Crippen LogP contribution in [0.3, 0.4) is 0 Å². The molecule has 28 heavy (non-hydrogen) atoms. The van der Waals surface area contributed by atoms with Gasteiger partial charge in [-0.2, -0.15) is 0 Å². The van der Waals surface area contributed by atoms with E-state index < -0.39 is 70.9 Å². The van der Waals surface area contributed by atoms with Crippen LogP contribution in [0, 0.1) is 0 Å². The SMILES string of the molecule is C[SiH]1O[Si](C)(C)O[Si]2(C)O[SiH]3O[Si](C)(C)O[Si](C)(C)O[Si](C)(O3)O[Si](C)(O1)O2. The van der Waals surface area contributed by atoms with Crippen LogP contribution in [-0.4, -0.2) is 70.9 Å². The standard InChI is InChI=1S/C10H32O10Si8/c1-21-11-23(2,3)17-27(9)14-22-13-24(4,5)16-25(6,7)18-28(10,15-22)20-26(8,12-21)19-27/h21-22H,1-10H3. The molecule has 3 saturated heterocycles. The Hall–Kier alpha value is 1.34. The van der Waals surface area contributed by atoms with E-state index in [0.717, 1.165) is 0 Å². The maximum atomic E-state index is 6.45. The summed E-state index contributed by atoms with van der Waals surface area (Å²) in [4.78, 5) is 0. The largest absolute Gasteiger partial charge is 0.473 e. The maximum Gasteiger partial charge on any atom is 0.473 e. The van der Waals surface area contributed by atoms with E-state index in [1.165, 1.54) is 0 Å². The monoisotopic (exact) mass is 536 g/mol. The zero-order chi connectivity index (χ0) is 21.2. The molecule has 5 unspecified atom stereocenters. The lowest BCUT2D eigenvalue weighted by molar-refractivity contribution is 0.0743. The minimum absolute atomic E-state index is 1.83. The molecule has 4 bridgehead atoms. The lowest BCUT2D eigenvalue weighted by Gasteiger charge is -2.51. The van der Waals surface area contributed by atoms with Gasteiger partial charge in [0.25, 0.3) is 0 Å². The Morgan fingerprint density at radius 3 is 1.39 bits per heavy atom. The molecule has 3 heterocycles. The van der Waals surface area contributed by atoms with Gasteiger partial charge in [0.15, 0.2) is 0 Å². The van der Waals surface area contributed by atoms with Crippen molar-refractivity contribution in [1.82, 2.24) is 0 Å². The summed E-state index contributed by atoms with van der Waals surface area (Å²) >= 11 is 0. The van der Waals surface area contributed by atoms with E-state index in [2.05, 4.69) is 0 Å². The van der Waals surface area contributed by atoms with Crippen molar-refractivity contribution >= 4 is 70.9 Å². The second-order valence-corrected chi connectivity index (χ2v) is 32.8. The first-order valence-electron chi connectivity index (χ1n) is 9.32. The van der Waals surface area contributed by atoms with Gasteiger partial charge >= 0.3 is 70.9 Å². The summed E-state index contributed by atoms with van der Waals surface area (Å²) in [5.41, 5.74) is 0. The highest BCUT2D eigenvalue weighted by Gasteiger charge is 2.64. The van der Waals surface area contributed by atoms with Crippen molar-refractivity contribution in [3.8, 4) is 0 Å². The fourth-order valence-electron chi connectivity index (χ4n) is 3.81. The van der Waals surface area contributed by atoms with Crippen molar-refractivity contribution < 1.29 is 41.2 Å². The van der Waals surface area contributed by atoms with E-state index in [9.17, 15) is 0 Å². The summed E-state index contributed by atoms with van der Waals surface area (Å²) in [7, 11) is -22.0. The fraction of sp³-hybridized carbons (Fsp3) is 1.00. The van der Waals surface area contributed by atoms with Crippen LogP contribution in [0.15, 0.2) is 0 Å². The Morgan fingerprint density at radius 1 is 0.429 bits per heavy atom. The Morgan fingerprint density at radius 2 is 0.857 bits per heavy atom. The first kappa shape index (κ1) is 24.0. The van der Waals surface area contributed by atoms with Crippen LogP contribution in [0.2, 0.25) is 65.5 Å². The van der Waals surface area contributed by atoms with Gasteiger partial charge in [0, 0.05) is 19.6 Å². The minimum atomic E-state index is -3.21. The van der Waals surface area contributed by atoms with E-state index in [1.807, 2.05) is 65.5 Å². The van der Waals surface area contributed by atoms with E-state index in [4.69, 9.17) is 41.2 Å². The van der Waals surface area contributed by atoms with Gasteiger partial charge in [-0.15, -0.1) is 0 Å². The number of hydrogen-bond donors (Lipinski definition) is 0. The molecule has 0 N–H and O–H groups in total. The third-order valence-electron chi connectivity index (χ3n) is 3.93. The first-order valence-corrected chi connectivity index (χ1v) is 28.0. The molecule has 3 fully saturated rings. The predicted molar refractivity (Wildman–Crippen MR) is 118 cm³/mol. The Balaban J connectivity index is 2.02. The van der Waals surface area contributed by atoms with Crippen LogP contribution >= 0.6 is 0 Å². The minimum Gasteiger partial charge on any atom is -0.418 e. The molecular formula is C10H32O10Si8. The molecule has 0 aliphatic carbocycles. The molecular weight excluding hydrogens is 505 g/mol. The molecule has 3 aliphatic rings. The van der Waals surface area contributed by atoms with Crippen molar-refractivity contribution in [2.45, 2.75) is 65.5 Å². The summed E-state index contributed by atoms with van der Waals surface area (Å²) in [6.45, 7) is 19.3. The highest BCUT2D eigenvalue weighted by atomic mass is 28.6. The van der Waals surface area contributed by atoms with E-state index in [-0.39, 0.29) is 0 Å². The zero-order valence-corrected chi connectivity index (χ0v) is 26.5. The lowest BCUT2D eigenvalue weighted by atomic mass is 11.9. The van der Waals surface area contributed by atoms with E-state index >= 15 is 0 Å². The van der Waals surface area contributed by atoms with Crippen molar-refractivity contribution in [3.63, 3.8) is 0 Å². The highest BCUT2D eigenvalue weighted by molar-refractivity contribution is 6.94. The van der Waals surface area contributed by atoms with Crippen LogP contribution in [0.1, 0.15) is 0 Å². The molecule has 0 aromatic heterocycles. The molecule has 0 spiro atoms. The summed E-state index contributed by atoms with van der Waals surface area (Å²) in [6, 6.07) is 0. The summed E-state index contributed by atoms with van der Waals surface area (Å²) in [5.74, 6) is 0. The summed E-state index contributed by atoms with van der Waals surface area (Å²) in [6.07, 6.45) is 0. The smallest absolute Gasteiger partial charge is 0.418 e. The van der Waals surface area contributed by atoms with Crippen molar-refractivity contribution in [1.29, 1.82) is 0 Å². The van der Waals surface area contributed by atoms with Gasteiger partial charge in [-0.25, -0.2) is 0 Å². The highest BCUT2D eigenvalue weighted by Crippen LogP contribution is 2.36. The quantitative estimate of drug-likeness (QED) is 0.425. The van der Waals surface area contributed by atoms with Crippen LogP contribution in [-0.2, 0) is 41.2 Å². The van der Waals surface area contributed by atoms with Gasteiger partial charge in [0.05, 0.1) is 0 Å². The molecule has 5 atom stereocenters. The summed E-state index contributed by atoms with van der Waals surface area (Å²) < 4.78 is 63.5. The second-order valence-electron chi connectivity index (χ2n) is 8.74. The summed E-state index contributed by atoms with van der Waals surface area (Å²) in [5, 5.41) is 0. The molecule has 0 saturated carbocycles. The molecule has 0 aromatic carbocycles. The molecule has 3 rings (SSSR count). The third-order valence-corrected chi connectivity index (χ3v) is 35.3. The van der Waals surface area contributed by atoms with Gasteiger partial charge in [-0.05, 0) is 45.8 Å². The Bertz CT molecular complexity index is 621. The van der Waals surface area contributed by atoms with Crippen LogP contribution in [0.5, 0.6) is 0 Å². The number of hydrogen-bond acceptors (Lipinski definition) is 10. The normalized spacial score (nSPS) is 48.2. The maximum absolute atomic E-state index is 6.45. The fourth-order valence-corrected chi connectivity index (χ4v) is 41.0. The molecule has 164 valence electrons. The van der Waals surface area contributed by atoms with Crippen molar-refractivity contribution in [2.75, 3.05) is 0 Å². The lowest BCUT2D eigenvalue weighted by Crippen LogP contribution is -2.74. The molecule has 0 amide bonds. The van der Waals surface area contributed by atoms with Crippen molar-refractivity contribution in [3.05, 3.63) is 0 Å². The average molecular weight is 537 g/mol. The molecule has 18 heteroatoms. The van der Waals surface area contributed by atoms with Crippen LogP contribution in [0.4, 0.5) is 0 Å². The molecule has 0 radical (unpaired) electrons. The van der Waals surface area contributed by atoms with Gasteiger partial charge in [0.1, 0.15) is 0 Å². The van der Waals surface area contributed by atoms with E-state index in [0.29, 0.717) is 0 Å². The van der Waals surface area contributed by atoms with Gasteiger partial charge < -0.3 is 41.2 Å². The third kappa shape index (κ3) is 5.97. The first-order chi connectivity index (χ1) is 12.4. The number of rotatable bonds is 0.